The number of nitrogens with zero attached hydrogens (tertiary/aromatic N) is 3. The van der Waals surface area contributed by atoms with Gasteiger partial charge in [0.2, 0.25) is 11.1 Å². The van der Waals surface area contributed by atoms with Crippen molar-refractivity contribution in [3.8, 4) is 5.75 Å². The molecule has 1 aliphatic carbocycles. The van der Waals surface area contributed by atoms with E-state index < -0.39 is 0 Å². The SMILES string of the molecule is CCOc1cccc(C2C3=C(CCCC3=O)Nc3nc(SCC)nn32)c1. The Morgan fingerprint density at radius 3 is 3.04 bits per heavy atom. The highest BCUT2D eigenvalue weighted by atomic mass is 32.2. The maximum atomic E-state index is 12.8. The predicted octanol–water partition coefficient (Wildman–Crippen LogP) is 3.81. The Balaban J connectivity index is 1.84. The van der Waals surface area contributed by atoms with Gasteiger partial charge in [-0.3, -0.25) is 4.79 Å². The van der Waals surface area contributed by atoms with Crippen LogP contribution in [0.15, 0.2) is 40.7 Å². The quantitative estimate of drug-likeness (QED) is 0.807. The Morgan fingerprint density at radius 1 is 1.35 bits per heavy atom. The van der Waals surface area contributed by atoms with E-state index in [4.69, 9.17) is 4.74 Å². The Labute approximate surface area is 157 Å². The summed E-state index contributed by atoms with van der Waals surface area (Å²) in [5.41, 5.74) is 2.80. The van der Waals surface area contributed by atoms with Crippen LogP contribution in [0.1, 0.15) is 44.7 Å². The minimum Gasteiger partial charge on any atom is -0.494 e. The number of aromatic nitrogens is 3. The van der Waals surface area contributed by atoms with Gasteiger partial charge in [-0.25, -0.2) is 4.68 Å². The van der Waals surface area contributed by atoms with Crippen molar-refractivity contribution < 1.29 is 9.53 Å². The number of Topliss-reactive ketones (excluding diaryl/α,β-unsaturated/α-hetero) is 1. The molecule has 1 aliphatic heterocycles. The van der Waals surface area contributed by atoms with E-state index in [-0.39, 0.29) is 11.8 Å². The summed E-state index contributed by atoms with van der Waals surface area (Å²) in [5.74, 6) is 2.61. The first-order valence-corrected chi connectivity index (χ1v) is 10.0. The van der Waals surface area contributed by atoms with Crippen LogP contribution >= 0.6 is 11.8 Å². The molecule has 1 aromatic heterocycles. The van der Waals surface area contributed by atoms with Crippen molar-refractivity contribution in [1.82, 2.24) is 14.8 Å². The molecule has 4 rings (SSSR count). The normalized spacial score (nSPS) is 19.0. The van der Waals surface area contributed by atoms with Crippen LogP contribution in [-0.2, 0) is 4.79 Å². The summed E-state index contributed by atoms with van der Waals surface area (Å²) in [4.78, 5) is 17.4. The van der Waals surface area contributed by atoms with Crippen molar-refractivity contribution in [1.29, 1.82) is 0 Å². The number of ketones is 1. The van der Waals surface area contributed by atoms with E-state index >= 15 is 0 Å². The summed E-state index contributed by atoms with van der Waals surface area (Å²) in [6.45, 7) is 4.65. The molecule has 7 heteroatoms. The van der Waals surface area contributed by atoms with Crippen molar-refractivity contribution in [2.75, 3.05) is 17.7 Å². The summed E-state index contributed by atoms with van der Waals surface area (Å²) >= 11 is 1.60. The summed E-state index contributed by atoms with van der Waals surface area (Å²) in [6.07, 6.45) is 2.33. The maximum absolute atomic E-state index is 12.8. The van der Waals surface area contributed by atoms with E-state index in [1.165, 1.54) is 0 Å². The number of carbonyl (C=O) groups excluding carboxylic acids is 1. The van der Waals surface area contributed by atoms with Crippen LogP contribution in [0.25, 0.3) is 0 Å². The third-order valence-corrected chi connectivity index (χ3v) is 5.33. The highest BCUT2D eigenvalue weighted by Gasteiger charge is 2.36. The molecule has 2 aliphatic rings. The van der Waals surface area contributed by atoms with Gasteiger partial charge in [-0.15, -0.1) is 5.10 Å². The van der Waals surface area contributed by atoms with E-state index in [1.54, 1.807) is 11.8 Å². The highest BCUT2D eigenvalue weighted by Crippen LogP contribution is 2.41. The molecular formula is C19H22N4O2S. The average molecular weight is 370 g/mol. The van der Waals surface area contributed by atoms with E-state index in [0.29, 0.717) is 19.0 Å². The highest BCUT2D eigenvalue weighted by molar-refractivity contribution is 7.99. The summed E-state index contributed by atoms with van der Waals surface area (Å²) in [7, 11) is 0. The van der Waals surface area contributed by atoms with Gasteiger partial charge in [0.25, 0.3) is 0 Å². The first-order valence-electron chi connectivity index (χ1n) is 9.06. The van der Waals surface area contributed by atoms with Gasteiger partial charge in [0, 0.05) is 17.7 Å². The van der Waals surface area contributed by atoms with Crippen molar-refractivity contribution in [2.24, 2.45) is 0 Å². The maximum Gasteiger partial charge on any atom is 0.227 e. The van der Waals surface area contributed by atoms with Crippen LogP contribution in [0.5, 0.6) is 5.75 Å². The van der Waals surface area contributed by atoms with E-state index in [1.807, 2.05) is 35.9 Å². The van der Waals surface area contributed by atoms with Gasteiger partial charge in [-0.2, -0.15) is 4.98 Å². The van der Waals surface area contributed by atoms with Gasteiger partial charge in [0.05, 0.1) is 6.61 Å². The average Bonchev–Trinajstić information content (AvgIpc) is 3.03. The number of allylic oxidation sites excluding steroid dienone is 2. The lowest BCUT2D eigenvalue weighted by Gasteiger charge is -2.32. The zero-order chi connectivity index (χ0) is 18.1. The Bertz CT molecular complexity index is 874. The molecule has 1 unspecified atom stereocenters. The monoisotopic (exact) mass is 370 g/mol. The van der Waals surface area contributed by atoms with Gasteiger partial charge in [0.1, 0.15) is 11.8 Å². The van der Waals surface area contributed by atoms with Crippen LogP contribution in [0.4, 0.5) is 5.95 Å². The summed E-state index contributed by atoms with van der Waals surface area (Å²) < 4.78 is 7.52. The largest absolute Gasteiger partial charge is 0.494 e. The number of carbonyl (C=O) groups is 1. The van der Waals surface area contributed by atoms with Gasteiger partial charge in [-0.05, 0) is 43.2 Å². The third kappa shape index (κ3) is 3.00. The molecule has 0 fully saturated rings. The molecule has 136 valence electrons. The lowest BCUT2D eigenvalue weighted by Crippen LogP contribution is -2.31. The Morgan fingerprint density at radius 2 is 2.23 bits per heavy atom. The van der Waals surface area contributed by atoms with Crippen LogP contribution in [0.3, 0.4) is 0 Å². The molecule has 0 radical (unpaired) electrons. The molecule has 0 saturated heterocycles. The summed E-state index contributed by atoms with van der Waals surface area (Å²) in [6, 6.07) is 7.68. The van der Waals surface area contributed by atoms with Gasteiger partial charge in [0.15, 0.2) is 5.78 Å². The second-order valence-corrected chi connectivity index (χ2v) is 7.53. The summed E-state index contributed by atoms with van der Waals surface area (Å²) in [5, 5.41) is 8.76. The molecule has 1 atom stereocenters. The third-order valence-electron chi connectivity index (χ3n) is 4.61. The molecule has 2 aromatic rings. The molecule has 0 bridgehead atoms. The van der Waals surface area contributed by atoms with Crippen molar-refractivity contribution in [3.63, 3.8) is 0 Å². The number of nitrogens with one attached hydrogen (secondary N) is 1. The van der Waals surface area contributed by atoms with Crippen molar-refractivity contribution >= 4 is 23.5 Å². The number of hydrogen-bond donors (Lipinski definition) is 1. The molecule has 26 heavy (non-hydrogen) atoms. The fourth-order valence-corrected chi connectivity index (χ4v) is 4.13. The second kappa shape index (κ2) is 7.15. The Hall–Kier alpha value is -2.28. The second-order valence-electron chi connectivity index (χ2n) is 6.30. The molecule has 2 heterocycles. The van der Waals surface area contributed by atoms with Crippen LogP contribution < -0.4 is 10.1 Å². The molecule has 6 nitrogen and oxygen atoms in total. The fourth-order valence-electron chi connectivity index (χ4n) is 3.58. The smallest absolute Gasteiger partial charge is 0.227 e. The van der Waals surface area contributed by atoms with E-state index in [2.05, 4.69) is 22.3 Å². The van der Waals surface area contributed by atoms with Crippen LogP contribution in [-0.4, -0.2) is 32.9 Å². The zero-order valence-electron chi connectivity index (χ0n) is 15.0. The van der Waals surface area contributed by atoms with Crippen molar-refractivity contribution in [2.45, 2.75) is 44.3 Å². The number of ether oxygens (including phenoxy) is 1. The molecule has 0 amide bonds. The first kappa shape index (κ1) is 17.1. The zero-order valence-corrected chi connectivity index (χ0v) is 15.8. The number of anilines is 1. The van der Waals surface area contributed by atoms with Gasteiger partial charge < -0.3 is 10.1 Å². The van der Waals surface area contributed by atoms with Crippen LogP contribution in [0.2, 0.25) is 0 Å². The minimum atomic E-state index is -0.256. The van der Waals surface area contributed by atoms with Gasteiger partial charge in [-0.1, -0.05) is 30.8 Å². The topological polar surface area (TPSA) is 69.0 Å². The molecule has 0 spiro atoms. The van der Waals surface area contributed by atoms with Crippen molar-refractivity contribution in [3.05, 3.63) is 41.1 Å². The number of benzene rings is 1. The standard InChI is InChI=1S/C19H22N4O2S/c1-3-25-13-8-5-7-12(11-13)17-16-14(9-6-10-15(16)24)20-18-21-19(26-4-2)22-23(17)18/h5,7-8,11,17H,3-4,6,9-10H2,1-2H3,(H,20,21,22). The molecular weight excluding hydrogens is 348 g/mol. The minimum absolute atomic E-state index is 0.191. The number of hydrogen-bond acceptors (Lipinski definition) is 6. The Kier molecular flexibility index (Phi) is 4.72. The van der Waals surface area contributed by atoms with E-state index in [9.17, 15) is 4.79 Å². The van der Waals surface area contributed by atoms with E-state index in [0.717, 1.165) is 46.3 Å². The van der Waals surface area contributed by atoms with Gasteiger partial charge >= 0.3 is 0 Å². The fraction of sp³-hybridized carbons (Fsp3) is 0.421. The molecule has 0 saturated carbocycles. The predicted molar refractivity (Wildman–Crippen MR) is 102 cm³/mol. The molecule has 1 N–H and O–H groups in total. The van der Waals surface area contributed by atoms with Crippen LogP contribution in [0, 0.1) is 0 Å². The number of thioether (sulfide) groups is 1. The lowest BCUT2D eigenvalue weighted by atomic mass is 9.85. The first-order chi connectivity index (χ1) is 12.7. The molecule has 1 aromatic carbocycles. The number of rotatable bonds is 5. The number of fused-ring (bicyclic) bond motifs is 1. The lowest BCUT2D eigenvalue weighted by molar-refractivity contribution is -0.116.